The average Bonchev–Trinajstić information content (AvgIpc) is 2.86. The lowest BCUT2D eigenvalue weighted by Crippen LogP contribution is -2.24. The van der Waals surface area contributed by atoms with Crippen molar-refractivity contribution in [2.24, 2.45) is 0 Å². The van der Waals surface area contributed by atoms with Crippen LogP contribution in [0.15, 0.2) is 29.1 Å². The fourth-order valence-electron chi connectivity index (χ4n) is 2.89. The van der Waals surface area contributed by atoms with Crippen LogP contribution in [0.5, 0.6) is 5.75 Å². The molecule has 0 aliphatic rings. The van der Waals surface area contributed by atoms with E-state index in [-0.39, 0.29) is 5.56 Å². The van der Waals surface area contributed by atoms with Crippen LogP contribution in [0.25, 0.3) is 10.2 Å². The Hall–Kier alpha value is -2.14. The maximum Gasteiger partial charge on any atom is 0.262 e. The van der Waals surface area contributed by atoms with E-state index in [2.05, 4.69) is 11.9 Å². The zero-order valence-corrected chi connectivity index (χ0v) is 16.1. The molecule has 132 valence electrons. The second-order valence-corrected chi connectivity index (χ2v) is 7.65. The summed E-state index contributed by atoms with van der Waals surface area (Å²) < 4.78 is 7.55. The summed E-state index contributed by atoms with van der Waals surface area (Å²) in [5.41, 5.74) is 2.38. The highest BCUT2D eigenvalue weighted by Gasteiger charge is 2.14. The first kappa shape index (κ1) is 17.7. The summed E-state index contributed by atoms with van der Waals surface area (Å²) in [6.45, 7) is 9.36. The number of unbranched alkanes of at least 4 members (excludes halogenated alkanes) is 1. The topological polar surface area (TPSA) is 44.1 Å². The summed E-state index contributed by atoms with van der Waals surface area (Å²) in [5.74, 6) is 1.68. The molecule has 0 amide bonds. The average molecular weight is 356 g/mol. The Kier molecular flexibility index (Phi) is 5.23. The molecule has 25 heavy (non-hydrogen) atoms. The van der Waals surface area contributed by atoms with Crippen molar-refractivity contribution >= 4 is 21.6 Å². The van der Waals surface area contributed by atoms with Gasteiger partial charge in [-0.1, -0.05) is 17.7 Å². The molecule has 0 bridgehead atoms. The summed E-state index contributed by atoms with van der Waals surface area (Å²) in [5, 5.41) is 0.781. The van der Waals surface area contributed by atoms with Gasteiger partial charge in [-0.3, -0.25) is 9.36 Å². The van der Waals surface area contributed by atoms with Gasteiger partial charge in [0.25, 0.3) is 5.56 Å². The number of benzene rings is 1. The predicted octanol–water partition coefficient (Wildman–Crippen LogP) is 4.55. The number of aromatic nitrogens is 2. The van der Waals surface area contributed by atoms with Crippen LogP contribution in [-0.2, 0) is 6.54 Å². The van der Waals surface area contributed by atoms with E-state index in [0.717, 1.165) is 40.2 Å². The summed E-state index contributed by atoms with van der Waals surface area (Å²) in [4.78, 5) is 19.4. The number of hydrogen-bond acceptors (Lipinski definition) is 4. The molecule has 0 N–H and O–H groups in total. The van der Waals surface area contributed by atoms with Crippen molar-refractivity contribution in [1.29, 1.82) is 0 Å². The van der Waals surface area contributed by atoms with Gasteiger partial charge in [0.1, 0.15) is 16.4 Å². The zero-order valence-electron chi connectivity index (χ0n) is 15.3. The number of nitrogens with zero attached hydrogens (tertiary/aromatic N) is 2. The molecule has 0 saturated carbocycles. The number of ether oxygens (including phenoxy) is 1. The van der Waals surface area contributed by atoms with Crippen LogP contribution in [-0.4, -0.2) is 16.2 Å². The fourth-order valence-corrected chi connectivity index (χ4v) is 3.95. The lowest BCUT2D eigenvalue weighted by atomic mass is 10.2. The molecular weight excluding hydrogens is 332 g/mol. The SMILES string of the molecule is Cc1ccc(OCCCCn2c(C)nc3sc(C)c(C)c3c2=O)cc1. The first-order valence-electron chi connectivity index (χ1n) is 8.64. The van der Waals surface area contributed by atoms with Crippen LogP contribution in [0.3, 0.4) is 0 Å². The molecule has 0 fully saturated rings. The molecule has 0 aliphatic heterocycles. The van der Waals surface area contributed by atoms with Crippen molar-refractivity contribution in [3.05, 3.63) is 56.4 Å². The third-order valence-electron chi connectivity index (χ3n) is 4.55. The van der Waals surface area contributed by atoms with Crippen molar-refractivity contribution < 1.29 is 4.74 Å². The smallest absolute Gasteiger partial charge is 0.262 e. The molecule has 1 aromatic carbocycles. The van der Waals surface area contributed by atoms with Crippen LogP contribution in [0, 0.1) is 27.7 Å². The molecule has 0 atom stereocenters. The summed E-state index contributed by atoms with van der Waals surface area (Å²) in [6, 6.07) is 8.07. The van der Waals surface area contributed by atoms with E-state index in [1.54, 1.807) is 15.9 Å². The van der Waals surface area contributed by atoms with Crippen molar-refractivity contribution in [3.8, 4) is 5.75 Å². The number of fused-ring (bicyclic) bond motifs is 1. The van der Waals surface area contributed by atoms with Crippen LogP contribution in [0.4, 0.5) is 0 Å². The Labute approximate surface area is 152 Å². The maximum atomic E-state index is 12.8. The van der Waals surface area contributed by atoms with E-state index in [9.17, 15) is 4.79 Å². The van der Waals surface area contributed by atoms with Gasteiger partial charge in [0.05, 0.1) is 12.0 Å². The number of thiophene rings is 1. The summed E-state index contributed by atoms with van der Waals surface area (Å²) in [7, 11) is 0. The lowest BCUT2D eigenvalue weighted by molar-refractivity contribution is 0.302. The van der Waals surface area contributed by atoms with Gasteiger partial charge in [-0.05, 0) is 58.2 Å². The molecule has 0 spiro atoms. The van der Waals surface area contributed by atoms with Gasteiger partial charge in [0.15, 0.2) is 0 Å². The van der Waals surface area contributed by atoms with E-state index in [1.165, 1.54) is 10.4 Å². The molecule has 3 aromatic rings. The second kappa shape index (κ2) is 7.40. The van der Waals surface area contributed by atoms with Crippen LogP contribution in [0.1, 0.15) is 34.7 Å². The van der Waals surface area contributed by atoms with Crippen molar-refractivity contribution in [1.82, 2.24) is 9.55 Å². The minimum Gasteiger partial charge on any atom is -0.494 e. The van der Waals surface area contributed by atoms with Gasteiger partial charge >= 0.3 is 0 Å². The molecule has 2 heterocycles. The number of hydrogen-bond donors (Lipinski definition) is 0. The quantitative estimate of drug-likeness (QED) is 0.609. The summed E-state index contributed by atoms with van der Waals surface area (Å²) >= 11 is 1.60. The van der Waals surface area contributed by atoms with Gasteiger partial charge in [-0.15, -0.1) is 11.3 Å². The van der Waals surface area contributed by atoms with Crippen LogP contribution < -0.4 is 10.3 Å². The normalized spacial score (nSPS) is 11.2. The number of rotatable bonds is 6. The van der Waals surface area contributed by atoms with Crippen molar-refractivity contribution in [2.75, 3.05) is 6.61 Å². The maximum absolute atomic E-state index is 12.8. The van der Waals surface area contributed by atoms with Crippen LogP contribution >= 0.6 is 11.3 Å². The Bertz CT molecular complexity index is 939. The monoisotopic (exact) mass is 356 g/mol. The standard InChI is InChI=1S/C20H24N2O2S/c1-13-7-9-17(10-8-13)24-12-6-5-11-22-16(4)21-19-18(20(22)23)14(2)15(3)25-19/h7-10H,5-6,11-12H2,1-4H3. The van der Waals surface area contributed by atoms with Crippen LogP contribution in [0.2, 0.25) is 0 Å². The van der Waals surface area contributed by atoms with Gasteiger partial charge in [-0.2, -0.15) is 0 Å². The fraction of sp³-hybridized carbons (Fsp3) is 0.400. The third-order valence-corrected chi connectivity index (χ3v) is 5.65. The highest BCUT2D eigenvalue weighted by Crippen LogP contribution is 2.26. The predicted molar refractivity (Wildman–Crippen MR) is 104 cm³/mol. The Morgan fingerprint density at radius 1 is 1.08 bits per heavy atom. The first-order chi connectivity index (χ1) is 12.0. The third kappa shape index (κ3) is 3.76. The lowest BCUT2D eigenvalue weighted by Gasteiger charge is -2.10. The minimum atomic E-state index is 0.0869. The Balaban J connectivity index is 1.62. The van der Waals surface area contributed by atoms with Crippen molar-refractivity contribution in [3.63, 3.8) is 0 Å². The molecule has 5 heteroatoms. The molecule has 4 nitrogen and oxygen atoms in total. The first-order valence-corrected chi connectivity index (χ1v) is 9.45. The Morgan fingerprint density at radius 2 is 1.80 bits per heavy atom. The molecule has 0 radical (unpaired) electrons. The molecular formula is C20H24N2O2S. The second-order valence-electron chi connectivity index (χ2n) is 6.45. The van der Waals surface area contributed by atoms with E-state index in [4.69, 9.17) is 4.74 Å². The highest BCUT2D eigenvalue weighted by atomic mass is 32.1. The van der Waals surface area contributed by atoms with E-state index < -0.39 is 0 Å². The number of aryl methyl sites for hydroxylation is 4. The molecule has 0 unspecified atom stereocenters. The minimum absolute atomic E-state index is 0.0869. The van der Waals surface area contributed by atoms with Gasteiger partial charge in [-0.25, -0.2) is 4.98 Å². The Morgan fingerprint density at radius 3 is 2.52 bits per heavy atom. The molecule has 2 aromatic heterocycles. The molecule has 0 aliphatic carbocycles. The molecule has 0 saturated heterocycles. The van der Waals surface area contributed by atoms with E-state index in [1.807, 2.05) is 45.0 Å². The summed E-state index contributed by atoms with van der Waals surface area (Å²) in [6.07, 6.45) is 1.79. The largest absolute Gasteiger partial charge is 0.494 e. The van der Waals surface area contributed by atoms with Crippen molar-refractivity contribution in [2.45, 2.75) is 47.1 Å². The highest BCUT2D eigenvalue weighted by molar-refractivity contribution is 7.18. The van der Waals surface area contributed by atoms with Gasteiger partial charge in [0.2, 0.25) is 0 Å². The molecule has 3 rings (SSSR count). The zero-order chi connectivity index (χ0) is 18.0. The van der Waals surface area contributed by atoms with Gasteiger partial charge < -0.3 is 4.74 Å². The van der Waals surface area contributed by atoms with E-state index in [0.29, 0.717) is 13.2 Å². The van der Waals surface area contributed by atoms with E-state index >= 15 is 0 Å². The van der Waals surface area contributed by atoms with Gasteiger partial charge in [0, 0.05) is 11.4 Å².